The molecule has 8 heteroatoms. The number of hydrogen-bond acceptors (Lipinski definition) is 6. The van der Waals surface area contributed by atoms with Crippen molar-refractivity contribution in [2.24, 2.45) is 0 Å². The van der Waals surface area contributed by atoms with Gasteiger partial charge in [0.15, 0.2) is 11.5 Å². The minimum Gasteiger partial charge on any atom is -0.497 e. The molecule has 1 N–H and O–H groups in total. The molecule has 1 saturated heterocycles. The molecule has 0 radical (unpaired) electrons. The molecular weight excluding hydrogens is 446 g/mol. The standard InChI is InChI=1S/C27H31N3O5/c1-4-33-21-13-10-18(15-22(21)34-5-2)26-23-24(17-8-11-19(32-3)12-9-17)28-29-25(23)27(31)30(26)16-20-7-6-14-35-20/h8-13,15,20,26H,4-7,14,16H2,1-3H3,(H,28,29). The van der Waals surface area contributed by atoms with E-state index in [0.29, 0.717) is 37.0 Å². The highest BCUT2D eigenvalue weighted by Crippen LogP contribution is 2.45. The Morgan fingerprint density at radius 3 is 2.54 bits per heavy atom. The maximum absolute atomic E-state index is 13.6. The van der Waals surface area contributed by atoms with Crippen LogP contribution in [0.25, 0.3) is 11.3 Å². The van der Waals surface area contributed by atoms with Crippen molar-refractivity contribution in [2.45, 2.75) is 38.8 Å². The van der Waals surface area contributed by atoms with E-state index >= 15 is 0 Å². The molecule has 3 aromatic rings. The number of nitrogens with one attached hydrogen (secondary N) is 1. The molecule has 0 spiro atoms. The summed E-state index contributed by atoms with van der Waals surface area (Å²) in [5, 5.41) is 7.58. The van der Waals surface area contributed by atoms with Gasteiger partial charge < -0.3 is 23.8 Å². The summed E-state index contributed by atoms with van der Waals surface area (Å²) >= 11 is 0. The van der Waals surface area contributed by atoms with Crippen molar-refractivity contribution in [1.29, 1.82) is 0 Å². The third-order valence-corrected chi connectivity index (χ3v) is 6.53. The maximum atomic E-state index is 13.6. The molecule has 0 aliphatic carbocycles. The molecule has 2 aromatic carbocycles. The molecule has 2 atom stereocenters. The van der Waals surface area contributed by atoms with Crippen molar-refractivity contribution >= 4 is 5.91 Å². The normalized spacial score (nSPS) is 19.2. The Morgan fingerprint density at radius 2 is 1.86 bits per heavy atom. The molecule has 0 bridgehead atoms. The van der Waals surface area contributed by atoms with Crippen LogP contribution in [0.1, 0.15) is 54.3 Å². The summed E-state index contributed by atoms with van der Waals surface area (Å²) in [5.74, 6) is 2.05. The highest BCUT2D eigenvalue weighted by Gasteiger charge is 2.43. The van der Waals surface area contributed by atoms with Crippen molar-refractivity contribution in [3.05, 3.63) is 59.3 Å². The number of rotatable bonds is 9. The first-order valence-electron chi connectivity index (χ1n) is 12.2. The fraction of sp³-hybridized carbons (Fsp3) is 0.407. The van der Waals surface area contributed by atoms with Crippen molar-refractivity contribution in [3.8, 4) is 28.5 Å². The van der Waals surface area contributed by atoms with Crippen molar-refractivity contribution in [2.75, 3.05) is 33.5 Å². The van der Waals surface area contributed by atoms with Gasteiger partial charge in [-0.1, -0.05) is 6.07 Å². The van der Waals surface area contributed by atoms with Crippen LogP contribution in [0.4, 0.5) is 0 Å². The van der Waals surface area contributed by atoms with Gasteiger partial charge in [0.25, 0.3) is 5.91 Å². The van der Waals surface area contributed by atoms with E-state index in [-0.39, 0.29) is 18.1 Å². The van der Waals surface area contributed by atoms with E-state index in [9.17, 15) is 4.79 Å². The molecule has 1 fully saturated rings. The van der Waals surface area contributed by atoms with E-state index in [0.717, 1.165) is 47.6 Å². The first-order chi connectivity index (χ1) is 17.1. The van der Waals surface area contributed by atoms with Gasteiger partial charge in [0.2, 0.25) is 0 Å². The Labute approximate surface area is 205 Å². The molecule has 0 saturated carbocycles. The number of carbonyl (C=O) groups excluding carboxylic acids is 1. The number of carbonyl (C=O) groups is 1. The third-order valence-electron chi connectivity index (χ3n) is 6.53. The topological polar surface area (TPSA) is 85.9 Å². The lowest BCUT2D eigenvalue weighted by molar-refractivity contribution is 0.0495. The van der Waals surface area contributed by atoms with Gasteiger partial charge in [0, 0.05) is 24.3 Å². The number of H-pyrrole nitrogens is 1. The van der Waals surface area contributed by atoms with Gasteiger partial charge in [0.1, 0.15) is 11.4 Å². The zero-order valence-electron chi connectivity index (χ0n) is 20.4. The number of fused-ring (bicyclic) bond motifs is 1. The van der Waals surface area contributed by atoms with Crippen LogP contribution >= 0.6 is 0 Å². The van der Waals surface area contributed by atoms with Crippen molar-refractivity contribution < 1.29 is 23.7 Å². The summed E-state index contributed by atoms with van der Waals surface area (Å²) in [6.45, 7) is 6.20. The van der Waals surface area contributed by atoms with Gasteiger partial charge in [-0.25, -0.2) is 0 Å². The number of hydrogen-bond donors (Lipinski definition) is 1. The first-order valence-corrected chi connectivity index (χ1v) is 12.2. The maximum Gasteiger partial charge on any atom is 0.273 e. The van der Waals surface area contributed by atoms with Crippen LogP contribution in [0.3, 0.4) is 0 Å². The number of benzene rings is 2. The molecule has 8 nitrogen and oxygen atoms in total. The molecule has 3 heterocycles. The second-order valence-corrected chi connectivity index (χ2v) is 8.66. The van der Waals surface area contributed by atoms with Crippen LogP contribution in [0, 0.1) is 0 Å². The van der Waals surface area contributed by atoms with E-state index in [1.807, 2.05) is 61.2 Å². The van der Waals surface area contributed by atoms with Crippen LogP contribution in [0.2, 0.25) is 0 Å². The zero-order chi connectivity index (χ0) is 24.4. The number of nitrogens with zero attached hydrogens (tertiary/aromatic N) is 2. The average molecular weight is 478 g/mol. The molecular formula is C27H31N3O5. The van der Waals surface area contributed by atoms with Gasteiger partial charge in [-0.3, -0.25) is 9.89 Å². The predicted octanol–water partition coefficient (Wildman–Crippen LogP) is 4.61. The highest BCUT2D eigenvalue weighted by atomic mass is 16.5. The Morgan fingerprint density at radius 1 is 1.09 bits per heavy atom. The summed E-state index contributed by atoms with van der Waals surface area (Å²) in [7, 11) is 1.64. The first kappa shape index (κ1) is 23.2. The number of aromatic nitrogens is 2. The number of methoxy groups -OCH3 is 1. The van der Waals surface area contributed by atoms with Gasteiger partial charge in [-0.2, -0.15) is 5.10 Å². The minimum absolute atomic E-state index is 0.0249. The van der Waals surface area contributed by atoms with E-state index in [4.69, 9.17) is 18.9 Å². The molecule has 2 aliphatic rings. The van der Waals surface area contributed by atoms with Crippen LogP contribution < -0.4 is 14.2 Å². The highest BCUT2D eigenvalue weighted by molar-refractivity contribution is 6.00. The van der Waals surface area contributed by atoms with Crippen LogP contribution in [-0.2, 0) is 4.74 Å². The predicted molar refractivity (Wildman–Crippen MR) is 131 cm³/mol. The minimum atomic E-state index is -0.326. The summed E-state index contributed by atoms with van der Waals surface area (Å²) in [6, 6.07) is 13.3. The largest absolute Gasteiger partial charge is 0.497 e. The quantitative estimate of drug-likeness (QED) is 0.485. The van der Waals surface area contributed by atoms with E-state index in [2.05, 4.69) is 10.2 Å². The summed E-state index contributed by atoms with van der Waals surface area (Å²) in [5.41, 5.74) is 3.99. The lowest BCUT2D eigenvalue weighted by Crippen LogP contribution is -2.36. The van der Waals surface area contributed by atoms with Crippen LogP contribution in [-0.4, -0.2) is 60.6 Å². The van der Waals surface area contributed by atoms with E-state index in [1.54, 1.807) is 7.11 Å². The molecule has 2 unspecified atom stereocenters. The SMILES string of the molecule is CCOc1ccc(C2c3c(-c4ccc(OC)cc4)n[nH]c3C(=O)N2CC2CCCO2)cc1OCC. The third kappa shape index (κ3) is 4.34. The van der Waals surface area contributed by atoms with Crippen molar-refractivity contribution in [1.82, 2.24) is 15.1 Å². The molecule has 35 heavy (non-hydrogen) atoms. The Balaban J connectivity index is 1.61. The second-order valence-electron chi connectivity index (χ2n) is 8.66. The molecule has 5 rings (SSSR count). The average Bonchev–Trinajstić information content (AvgIpc) is 3.60. The van der Waals surface area contributed by atoms with Gasteiger partial charge in [-0.15, -0.1) is 0 Å². The monoisotopic (exact) mass is 477 g/mol. The van der Waals surface area contributed by atoms with E-state index < -0.39 is 0 Å². The van der Waals surface area contributed by atoms with Gasteiger partial charge >= 0.3 is 0 Å². The fourth-order valence-electron chi connectivity index (χ4n) is 4.95. The smallest absolute Gasteiger partial charge is 0.273 e. The Kier molecular flexibility index (Phi) is 6.63. The summed E-state index contributed by atoms with van der Waals surface area (Å²) < 4.78 is 22.9. The number of ether oxygens (including phenoxy) is 4. The molecule has 2 aliphatic heterocycles. The zero-order valence-corrected chi connectivity index (χ0v) is 20.4. The number of amides is 1. The Bertz CT molecular complexity index is 1180. The van der Waals surface area contributed by atoms with Crippen LogP contribution in [0.5, 0.6) is 17.2 Å². The molecule has 1 aromatic heterocycles. The lowest BCUT2D eigenvalue weighted by atomic mass is 9.95. The molecule has 1 amide bonds. The van der Waals surface area contributed by atoms with Crippen LogP contribution in [0.15, 0.2) is 42.5 Å². The van der Waals surface area contributed by atoms with Crippen molar-refractivity contribution in [3.63, 3.8) is 0 Å². The van der Waals surface area contributed by atoms with E-state index in [1.165, 1.54) is 0 Å². The van der Waals surface area contributed by atoms with Gasteiger partial charge in [0.05, 0.1) is 38.2 Å². The lowest BCUT2D eigenvalue weighted by Gasteiger charge is -2.29. The second kappa shape index (κ2) is 10.00. The fourth-order valence-corrected chi connectivity index (χ4v) is 4.95. The molecule has 184 valence electrons. The van der Waals surface area contributed by atoms with Gasteiger partial charge in [-0.05, 0) is 68.7 Å². The Hall–Kier alpha value is -3.52. The number of aromatic amines is 1. The summed E-state index contributed by atoms with van der Waals surface area (Å²) in [4.78, 5) is 15.5. The summed E-state index contributed by atoms with van der Waals surface area (Å²) in [6.07, 6.45) is 1.98.